The van der Waals surface area contributed by atoms with Crippen molar-refractivity contribution in [2.45, 2.75) is 6.54 Å². The largest absolute Gasteiger partial charge is 0.481 e. The van der Waals surface area contributed by atoms with Crippen molar-refractivity contribution in [1.82, 2.24) is 4.98 Å². The molecule has 0 saturated heterocycles. The predicted molar refractivity (Wildman–Crippen MR) is 114 cm³/mol. The molecule has 1 heterocycles. The van der Waals surface area contributed by atoms with E-state index in [0.717, 1.165) is 10.3 Å². The normalized spacial score (nSPS) is 10.8. The molecule has 0 unspecified atom stereocenters. The minimum Gasteiger partial charge on any atom is -0.481 e. The van der Waals surface area contributed by atoms with Gasteiger partial charge in [-0.15, -0.1) is 0 Å². The number of amides is 1. The van der Waals surface area contributed by atoms with Gasteiger partial charge in [-0.3, -0.25) is 9.69 Å². The molecular formula is C22H16ClFN2O2S. The summed E-state index contributed by atoms with van der Waals surface area (Å²) in [6.45, 7) is 0.00910. The van der Waals surface area contributed by atoms with Gasteiger partial charge in [-0.05, 0) is 29.8 Å². The highest BCUT2D eigenvalue weighted by molar-refractivity contribution is 7.22. The first-order valence-electron chi connectivity index (χ1n) is 8.88. The number of fused-ring (bicyclic) bond motifs is 1. The van der Waals surface area contributed by atoms with E-state index in [1.54, 1.807) is 18.2 Å². The zero-order valence-corrected chi connectivity index (χ0v) is 16.8. The number of rotatable bonds is 6. The van der Waals surface area contributed by atoms with Gasteiger partial charge in [0.2, 0.25) is 0 Å². The fourth-order valence-corrected chi connectivity index (χ4v) is 4.11. The monoisotopic (exact) mass is 426 g/mol. The molecule has 1 aromatic heterocycles. The number of carbonyl (C=O) groups is 1. The molecule has 146 valence electrons. The van der Waals surface area contributed by atoms with Gasteiger partial charge in [0.05, 0.1) is 16.3 Å². The van der Waals surface area contributed by atoms with Crippen LogP contribution < -0.4 is 9.64 Å². The number of nitrogens with zero attached hydrogens (tertiary/aromatic N) is 2. The first-order valence-corrected chi connectivity index (χ1v) is 10.1. The Balaban J connectivity index is 1.63. The minimum atomic E-state index is -0.512. The van der Waals surface area contributed by atoms with E-state index in [1.165, 1.54) is 28.4 Å². The molecule has 0 atom stereocenters. The Morgan fingerprint density at radius 1 is 1.03 bits per heavy atom. The lowest BCUT2D eigenvalue weighted by atomic mass is 10.2. The Morgan fingerprint density at radius 2 is 1.79 bits per heavy atom. The van der Waals surface area contributed by atoms with Gasteiger partial charge in [-0.25, -0.2) is 9.37 Å². The van der Waals surface area contributed by atoms with Gasteiger partial charge in [0.15, 0.2) is 23.3 Å². The van der Waals surface area contributed by atoms with Crippen LogP contribution in [0.25, 0.3) is 10.2 Å². The smallest absolute Gasteiger partial charge is 0.267 e. The van der Waals surface area contributed by atoms with Crippen molar-refractivity contribution in [3.63, 3.8) is 0 Å². The number of thiazole rings is 1. The Labute approximate surface area is 176 Å². The molecule has 4 aromatic rings. The lowest BCUT2D eigenvalue weighted by Gasteiger charge is -2.20. The zero-order chi connectivity index (χ0) is 20.2. The number of hydrogen-bond acceptors (Lipinski definition) is 4. The van der Waals surface area contributed by atoms with Gasteiger partial charge < -0.3 is 4.74 Å². The van der Waals surface area contributed by atoms with Crippen molar-refractivity contribution in [3.05, 3.63) is 89.2 Å². The van der Waals surface area contributed by atoms with Crippen LogP contribution in [0.15, 0.2) is 72.8 Å². The van der Waals surface area contributed by atoms with Gasteiger partial charge in [-0.2, -0.15) is 0 Å². The molecule has 0 N–H and O–H groups in total. The Kier molecular flexibility index (Phi) is 5.74. The summed E-state index contributed by atoms with van der Waals surface area (Å²) < 4.78 is 20.1. The van der Waals surface area contributed by atoms with E-state index in [-0.39, 0.29) is 18.3 Å². The van der Waals surface area contributed by atoms with Crippen LogP contribution in [0.3, 0.4) is 0 Å². The number of halogens is 2. The van der Waals surface area contributed by atoms with E-state index in [9.17, 15) is 9.18 Å². The highest BCUT2D eigenvalue weighted by atomic mass is 35.5. The fourth-order valence-electron chi connectivity index (χ4n) is 2.83. The molecule has 0 aliphatic heterocycles. The molecule has 3 aromatic carbocycles. The summed E-state index contributed by atoms with van der Waals surface area (Å²) in [5.74, 6) is -0.804. The van der Waals surface area contributed by atoms with Crippen LogP contribution in [0.2, 0.25) is 5.02 Å². The third-order valence-electron chi connectivity index (χ3n) is 4.26. The maximum Gasteiger partial charge on any atom is 0.267 e. The number of benzene rings is 3. The van der Waals surface area contributed by atoms with Crippen molar-refractivity contribution in [3.8, 4) is 5.75 Å². The number of carbonyl (C=O) groups excluding carboxylic acids is 1. The Hall–Kier alpha value is -2.96. The van der Waals surface area contributed by atoms with E-state index in [1.807, 2.05) is 42.5 Å². The van der Waals surface area contributed by atoms with Crippen LogP contribution in [0.1, 0.15) is 5.56 Å². The van der Waals surface area contributed by atoms with Crippen molar-refractivity contribution in [2.75, 3.05) is 11.5 Å². The second kappa shape index (κ2) is 8.59. The maximum atomic E-state index is 13.8. The molecule has 29 heavy (non-hydrogen) atoms. The van der Waals surface area contributed by atoms with E-state index >= 15 is 0 Å². The molecule has 0 bridgehead atoms. The number of hydrogen-bond donors (Lipinski definition) is 0. The molecule has 0 radical (unpaired) electrons. The van der Waals surface area contributed by atoms with E-state index in [0.29, 0.717) is 22.2 Å². The average molecular weight is 427 g/mol. The highest BCUT2D eigenvalue weighted by Gasteiger charge is 2.22. The number of aromatic nitrogens is 1. The van der Waals surface area contributed by atoms with Crippen LogP contribution in [0, 0.1) is 5.82 Å². The Morgan fingerprint density at radius 3 is 2.55 bits per heavy atom. The van der Waals surface area contributed by atoms with Crippen molar-refractivity contribution in [2.24, 2.45) is 0 Å². The highest BCUT2D eigenvalue weighted by Crippen LogP contribution is 2.33. The maximum absolute atomic E-state index is 13.8. The lowest BCUT2D eigenvalue weighted by Crippen LogP contribution is -2.34. The standard InChI is InChI=1S/C22H16ClFN2O2S/c23-16-9-6-12-19-21(16)25-22(29-19)26(13-15-7-2-1-3-8-15)20(27)14-28-18-11-5-4-10-17(18)24/h1-12H,13-14H2. The summed E-state index contributed by atoms with van der Waals surface area (Å²) >= 11 is 7.62. The summed E-state index contributed by atoms with van der Waals surface area (Å²) in [7, 11) is 0. The molecule has 7 heteroatoms. The SMILES string of the molecule is O=C(COc1ccccc1F)N(Cc1ccccc1)c1nc2c(Cl)cccc2s1. The summed E-state index contributed by atoms with van der Waals surface area (Å²) in [6.07, 6.45) is 0. The quantitative estimate of drug-likeness (QED) is 0.397. The Bertz CT molecular complexity index is 1150. The van der Waals surface area contributed by atoms with Crippen molar-refractivity contribution < 1.29 is 13.9 Å². The second-order valence-corrected chi connectivity index (χ2v) is 7.68. The first-order chi connectivity index (χ1) is 14.1. The summed E-state index contributed by atoms with van der Waals surface area (Å²) in [4.78, 5) is 19.1. The molecular weight excluding hydrogens is 411 g/mol. The lowest BCUT2D eigenvalue weighted by molar-refractivity contribution is -0.120. The number of para-hydroxylation sites is 2. The number of anilines is 1. The summed E-state index contributed by atoms with van der Waals surface area (Å²) in [6, 6.07) is 21.1. The molecule has 0 fully saturated rings. The molecule has 0 aliphatic carbocycles. The van der Waals surface area contributed by atoms with Gasteiger partial charge in [-0.1, -0.05) is 71.5 Å². The molecule has 1 amide bonds. The summed E-state index contributed by atoms with van der Waals surface area (Å²) in [5, 5.41) is 1.04. The van der Waals surface area contributed by atoms with Gasteiger partial charge >= 0.3 is 0 Å². The first kappa shape index (κ1) is 19.4. The molecule has 0 saturated carbocycles. The fraction of sp³-hybridized carbons (Fsp3) is 0.0909. The second-order valence-electron chi connectivity index (χ2n) is 6.27. The number of ether oxygens (including phenoxy) is 1. The summed E-state index contributed by atoms with van der Waals surface area (Å²) in [5.41, 5.74) is 1.59. The van der Waals surface area contributed by atoms with Gasteiger partial charge in [0.1, 0.15) is 5.52 Å². The van der Waals surface area contributed by atoms with Crippen LogP contribution in [0.5, 0.6) is 5.75 Å². The zero-order valence-electron chi connectivity index (χ0n) is 15.2. The molecule has 0 spiro atoms. The third-order valence-corrected chi connectivity index (χ3v) is 5.61. The topological polar surface area (TPSA) is 42.4 Å². The predicted octanol–water partition coefficient (Wildman–Crippen LogP) is 5.70. The van der Waals surface area contributed by atoms with Crippen LogP contribution in [-0.4, -0.2) is 17.5 Å². The van der Waals surface area contributed by atoms with Gasteiger partial charge in [0, 0.05) is 0 Å². The van der Waals surface area contributed by atoms with Crippen molar-refractivity contribution >= 4 is 44.2 Å². The minimum absolute atomic E-state index is 0.0351. The van der Waals surface area contributed by atoms with Crippen LogP contribution in [-0.2, 0) is 11.3 Å². The van der Waals surface area contributed by atoms with E-state index < -0.39 is 5.82 Å². The average Bonchev–Trinajstić information content (AvgIpc) is 3.17. The van der Waals surface area contributed by atoms with Crippen LogP contribution >= 0.6 is 22.9 Å². The third kappa shape index (κ3) is 4.39. The van der Waals surface area contributed by atoms with E-state index in [2.05, 4.69) is 4.98 Å². The van der Waals surface area contributed by atoms with Crippen molar-refractivity contribution in [1.29, 1.82) is 0 Å². The molecule has 4 nitrogen and oxygen atoms in total. The molecule has 0 aliphatic rings. The van der Waals surface area contributed by atoms with Gasteiger partial charge in [0.25, 0.3) is 5.91 Å². The molecule has 4 rings (SSSR count). The van der Waals surface area contributed by atoms with Crippen LogP contribution in [0.4, 0.5) is 9.52 Å². The van der Waals surface area contributed by atoms with E-state index in [4.69, 9.17) is 16.3 Å².